The molecule has 2 aromatic rings. The number of phenols is 1. The van der Waals surface area contributed by atoms with Crippen molar-refractivity contribution in [3.63, 3.8) is 0 Å². The lowest BCUT2D eigenvalue weighted by Crippen LogP contribution is -2.04. The van der Waals surface area contributed by atoms with E-state index >= 15 is 0 Å². The van der Waals surface area contributed by atoms with Crippen LogP contribution in [0.2, 0.25) is 0 Å². The van der Waals surface area contributed by atoms with Gasteiger partial charge in [-0.05, 0) is 48.2 Å². The average molecular weight is 296 g/mol. The number of aryl methyl sites for hydroxylation is 1. The zero-order valence-electron chi connectivity index (χ0n) is 10.7. The smallest absolute Gasteiger partial charge is 0.294 e. The Kier molecular flexibility index (Phi) is 3.78. The summed E-state index contributed by atoms with van der Waals surface area (Å²) in [6.07, 6.45) is 0.138. The van der Waals surface area contributed by atoms with Gasteiger partial charge in [0.15, 0.2) is 11.6 Å². The summed E-state index contributed by atoms with van der Waals surface area (Å²) in [4.78, 5) is -0.201. The van der Waals surface area contributed by atoms with Gasteiger partial charge in [-0.2, -0.15) is 8.42 Å². The van der Waals surface area contributed by atoms with Crippen molar-refractivity contribution >= 4 is 10.1 Å². The molecule has 0 aliphatic heterocycles. The molecule has 2 N–H and O–H groups in total. The maximum Gasteiger partial charge on any atom is 0.294 e. The number of halogens is 1. The molecular formula is C14H13FO4S. The fraction of sp³-hybridized carbons (Fsp3) is 0.143. The molecule has 0 aliphatic rings. The highest BCUT2D eigenvalue weighted by Crippen LogP contribution is 2.25. The van der Waals surface area contributed by atoms with Crippen molar-refractivity contribution in [3.8, 4) is 5.75 Å². The zero-order chi connectivity index (χ0) is 14.9. The van der Waals surface area contributed by atoms with E-state index in [1.54, 1.807) is 19.1 Å². The molecule has 4 nitrogen and oxygen atoms in total. The Morgan fingerprint density at radius 2 is 1.80 bits per heavy atom. The van der Waals surface area contributed by atoms with Crippen molar-refractivity contribution in [3.05, 3.63) is 58.9 Å². The molecule has 0 heterocycles. The Hall–Kier alpha value is -1.92. The molecule has 106 valence electrons. The van der Waals surface area contributed by atoms with Gasteiger partial charge in [0.25, 0.3) is 10.1 Å². The molecule has 0 radical (unpaired) electrons. The molecule has 0 amide bonds. The summed E-state index contributed by atoms with van der Waals surface area (Å²) in [5.74, 6) is -1.22. The predicted octanol–water partition coefficient (Wildman–Crippen LogP) is 2.68. The maximum atomic E-state index is 13.4. The number of aromatic hydroxyl groups is 1. The van der Waals surface area contributed by atoms with Crippen LogP contribution in [0.4, 0.5) is 4.39 Å². The van der Waals surface area contributed by atoms with Gasteiger partial charge in [-0.25, -0.2) is 4.39 Å². The van der Waals surface area contributed by atoms with E-state index in [-0.39, 0.29) is 11.3 Å². The third kappa shape index (κ3) is 2.97. The number of phenolic OH excluding ortho intramolecular Hbond substituents is 1. The van der Waals surface area contributed by atoms with Crippen molar-refractivity contribution in [2.75, 3.05) is 0 Å². The van der Waals surface area contributed by atoms with E-state index in [4.69, 9.17) is 0 Å². The standard InChI is InChI=1S/C14H13FO4S/c1-9-6-13(16)12(15)8-11(9)7-10-4-2-3-5-14(10)20(17,18)19/h2-6,8,16H,7H2,1H3,(H,17,18,19). The van der Waals surface area contributed by atoms with E-state index in [0.717, 1.165) is 6.07 Å². The third-order valence-corrected chi connectivity index (χ3v) is 3.99. The van der Waals surface area contributed by atoms with E-state index in [9.17, 15) is 22.5 Å². The lowest BCUT2D eigenvalue weighted by atomic mass is 10.00. The zero-order valence-corrected chi connectivity index (χ0v) is 11.5. The highest BCUT2D eigenvalue weighted by Gasteiger charge is 2.16. The minimum Gasteiger partial charge on any atom is -0.505 e. The van der Waals surface area contributed by atoms with Crippen LogP contribution < -0.4 is 0 Å². The van der Waals surface area contributed by atoms with Crippen molar-refractivity contribution in [2.24, 2.45) is 0 Å². The first-order chi connectivity index (χ1) is 9.29. The SMILES string of the molecule is Cc1cc(O)c(F)cc1Cc1ccccc1S(=O)(=O)O. The highest BCUT2D eigenvalue weighted by molar-refractivity contribution is 7.85. The molecule has 0 saturated carbocycles. The van der Waals surface area contributed by atoms with Crippen LogP contribution in [0.3, 0.4) is 0 Å². The van der Waals surface area contributed by atoms with Gasteiger partial charge in [0.05, 0.1) is 4.90 Å². The van der Waals surface area contributed by atoms with E-state index in [0.29, 0.717) is 16.7 Å². The van der Waals surface area contributed by atoms with Gasteiger partial charge in [0.2, 0.25) is 0 Å². The van der Waals surface area contributed by atoms with Gasteiger partial charge in [-0.15, -0.1) is 0 Å². The molecule has 0 unspecified atom stereocenters. The van der Waals surface area contributed by atoms with Crippen molar-refractivity contribution < 1.29 is 22.5 Å². The fourth-order valence-electron chi connectivity index (χ4n) is 2.00. The molecule has 20 heavy (non-hydrogen) atoms. The van der Waals surface area contributed by atoms with Crippen LogP contribution in [0, 0.1) is 12.7 Å². The molecule has 2 aromatic carbocycles. The van der Waals surface area contributed by atoms with Gasteiger partial charge in [-0.3, -0.25) is 4.55 Å². The predicted molar refractivity (Wildman–Crippen MR) is 71.9 cm³/mol. The summed E-state index contributed by atoms with van der Waals surface area (Å²) in [7, 11) is -4.33. The van der Waals surface area contributed by atoms with Crippen LogP contribution in [0.1, 0.15) is 16.7 Å². The molecule has 0 spiro atoms. The van der Waals surface area contributed by atoms with Gasteiger partial charge in [-0.1, -0.05) is 18.2 Å². The van der Waals surface area contributed by atoms with Crippen molar-refractivity contribution in [1.29, 1.82) is 0 Å². The van der Waals surface area contributed by atoms with Gasteiger partial charge in [0.1, 0.15) is 0 Å². The minimum absolute atomic E-state index is 0.138. The molecule has 0 fully saturated rings. The van der Waals surface area contributed by atoms with Crippen LogP contribution in [0.15, 0.2) is 41.3 Å². The molecule has 2 rings (SSSR count). The Labute approximate surface area is 116 Å². The lowest BCUT2D eigenvalue weighted by Gasteiger charge is -2.10. The second-order valence-corrected chi connectivity index (χ2v) is 5.88. The minimum atomic E-state index is -4.33. The fourth-order valence-corrected chi connectivity index (χ4v) is 2.73. The van der Waals surface area contributed by atoms with Gasteiger partial charge < -0.3 is 5.11 Å². The van der Waals surface area contributed by atoms with E-state index < -0.39 is 21.7 Å². The van der Waals surface area contributed by atoms with E-state index in [1.165, 1.54) is 18.2 Å². The molecule has 0 aromatic heterocycles. The Balaban J connectivity index is 2.49. The second kappa shape index (κ2) is 5.22. The molecule has 0 atom stereocenters. The van der Waals surface area contributed by atoms with Crippen molar-refractivity contribution in [2.45, 2.75) is 18.2 Å². The molecule has 0 aliphatic carbocycles. The van der Waals surface area contributed by atoms with Crippen molar-refractivity contribution in [1.82, 2.24) is 0 Å². The summed E-state index contributed by atoms with van der Waals surface area (Å²) in [5.41, 5.74) is 1.54. The summed E-state index contributed by atoms with van der Waals surface area (Å²) >= 11 is 0. The largest absolute Gasteiger partial charge is 0.505 e. The first kappa shape index (κ1) is 14.5. The van der Waals surface area contributed by atoms with Crippen LogP contribution in [-0.4, -0.2) is 18.1 Å². The van der Waals surface area contributed by atoms with Crippen LogP contribution in [0.25, 0.3) is 0 Å². The summed E-state index contributed by atoms with van der Waals surface area (Å²) in [5, 5.41) is 9.26. The van der Waals surface area contributed by atoms with E-state index in [1.807, 2.05) is 0 Å². The topological polar surface area (TPSA) is 74.6 Å². The summed E-state index contributed by atoms with van der Waals surface area (Å²) < 4.78 is 45.1. The van der Waals surface area contributed by atoms with Gasteiger partial charge >= 0.3 is 0 Å². The number of hydrogen-bond donors (Lipinski definition) is 2. The normalized spacial score (nSPS) is 11.6. The molecule has 6 heteroatoms. The number of benzene rings is 2. The number of hydrogen-bond acceptors (Lipinski definition) is 3. The Bertz CT molecular complexity index is 754. The Morgan fingerprint density at radius 3 is 2.45 bits per heavy atom. The van der Waals surface area contributed by atoms with Gasteiger partial charge in [0, 0.05) is 0 Å². The van der Waals surface area contributed by atoms with Crippen LogP contribution >= 0.6 is 0 Å². The monoisotopic (exact) mass is 296 g/mol. The van der Waals surface area contributed by atoms with Crippen LogP contribution in [-0.2, 0) is 16.5 Å². The second-order valence-electron chi connectivity index (χ2n) is 4.49. The first-order valence-corrected chi connectivity index (χ1v) is 7.26. The number of rotatable bonds is 3. The highest BCUT2D eigenvalue weighted by atomic mass is 32.2. The quantitative estimate of drug-likeness (QED) is 0.854. The van der Waals surface area contributed by atoms with E-state index in [2.05, 4.69) is 0 Å². The first-order valence-electron chi connectivity index (χ1n) is 5.82. The van der Waals surface area contributed by atoms with Crippen LogP contribution in [0.5, 0.6) is 5.75 Å². The molecule has 0 saturated heterocycles. The third-order valence-electron chi connectivity index (χ3n) is 3.04. The summed E-state index contributed by atoms with van der Waals surface area (Å²) in [6.45, 7) is 1.69. The Morgan fingerprint density at radius 1 is 1.15 bits per heavy atom. The maximum absolute atomic E-state index is 13.4. The average Bonchev–Trinajstić information content (AvgIpc) is 2.35. The molecular weight excluding hydrogens is 283 g/mol. The molecule has 0 bridgehead atoms. The summed E-state index contributed by atoms with van der Waals surface area (Å²) in [6, 6.07) is 8.41. The lowest BCUT2D eigenvalue weighted by molar-refractivity contribution is 0.431.